The second kappa shape index (κ2) is 8.39. The van der Waals surface area contributed by atoms with Crippen LogP contribution in [0.3, 0.4) is 0 Å². The predicted octanol–water partition coefficient (Wildman–Crippen LogP) is 4.77. The Kier molecular flexibility index (Phi) is 6.83. The summed E-state index contributed by atoms with van der Waals surface area (Å²) < 4.78 is 12.9. The number of hydrogen-bond acceptors (Lipinski definition) is 3. The molecule has 0 radical (unpaired) electrons. The van der Waals surface area contributed by atoms with Crippen LogP contribution in [0.2, 0.25) is 0 Å². The van der Waals surface area contributed by atoms with Crippen LogP contribution in [-0.4, -0.2) is 26.3 Å². The first-order chi connectivity index (χ1) is 10.1. The molecule has 0 aromatic heterocycles. The molecule has 21 heavy (non-hydrogen) atoms. The third-order valence-electron chi connectivity index (χ3n) is 3.94. The van der Waals surface area contributed by atoms with Gasteiger partial charge in [0.25, 0.3) is 0 Å². The summed E-state index contributed by atoms with van der Waals surface area (Å²) in [6, 6.07) is 4.50. The van der Waals surface area contributed by atoms with E-state index >= 15 is 0 Å². The first-order valence-electron chi connectivity index (χ1n) is 7.49. The van der Waals surface area contributed by atoms with Crippen molar-refractivity contribution in [2.24, 2.45) is 5.92 Å². The Morgan fingerprint density at radius 3 is 2.62 bits per heavy atom. The van der Waals surface area contributed by atoms with Crippen molar-refractivity contribution in [3.8, 4) is 11.5 Å². The van der Waals surface area contributed by atoms with Gasteiger partial charge in [0.2, 0.25) is 0 Å². The van der Waals surface area contributed by atoms with Gasteiger partial charge < -0.3 is 14.8 Å². The smallest absolute Gasteiger partial charge is 0.134 e. The third-order valence-corrected chi connectivity index (χ3v) is 5.17. The minimum absolute atomic E-state index is 0.656. The lowest BCUT2D eigenvalue weighted by Crippen LogP contribution is -2.36. The molecule has 0 aliphatic heterocycles. The fourth-order valence-electron chi connectivity index (χ4n) is 2.82. The van der Waals surface area contributed by atoms with E-state index in [9.17, 15) is 0 Å². The second-order valence-electron chi connectivity index (χ2n) is 5.69. The zero-order chi connectivity index (χ0) is 15.2. The van der Waals surface area contributed by atoms with E-state index in [1.807, 2.05) is 12.1 Å². The molecular weight excluding hydrogens is 398 g/mol. The number of benzene rings is 1. The molecule has 1 aromatic carbocycles. The molecule has 118 valence electrons. The molecule has 2 atom stereocenters. The lowest BCUT2D eigenvalue weighted by Gasteiger charge is -2.27. The first kappa shape index (κ1) is 17.1. The summed E-state index contributed by atoms with van der Waals surface area (Å²) in [6.45, 7) is 3.89. The van der Waals surface area contributed by atoms with Crippen molar-refractivity contribution >= 4 is 31.9 Å². The van der Waals surface area contributed by atoms with Crippen molar-refractivity contribution in [2.45, 2.75) is 38.6 Å². The van der Waals surface area contributed by atoms with E-state index in [2.05, 4.69) is 44.1 Å². The third kappa shape index (κ3) is 5.15. The van der Waals surface area contributed by atoms with Gasteiger partial charge in [0.1, 0.15) is 18.1 Å². The molecule has 0 saturated heterocycles. The van der Waals surface area contributed by atoms with E-state index in [0.717, 1.165) is 32.9 Å². The van der Waals surface area contributed by atoms with E-state index in [1.165, 1.54) is 25.7 Å². The van der Waals surface area contributed by atoms with Gasteiger partial charge in [0, 0.05) is 12.6 Å². The van der Waals surface area contributed by atoms with E-state index in [1.54, 1.807) is 7.11 Å². The molecule has 1 aliphatic carbocycles. The summed E-state index contributed by atoms with van der Waals surface area (Å²) in [5, 5.41) is 3.60. The van der Waals surface area contributed by atoms with Gasteiger partial charge in [-0.1, -0.05) is 19.8 Å². The number of ether oxygens (including phenoxy) is 2. The van der Waals surface area contributed by atoms with Crippen molar-refractivity contribution in [3.63, 3.8) is 0 Å². The Hall–Kier alpha value is -0.260. The summed E-state index contributed by atoms with van der Waals surface area (Å²) in [4.78, 5) is 0. The van der Waals surface area contributed by atoms with Crippen LogP contribution in [0.25, 0.3) is 0 Å². The van der Waals surface area contributed by atoms with Crippen LogP contribution in [0.15, 0.2) is 21.1 Å². The molecule has 2 unspecified atom stereocenters. The molecule has 1 aromatic rings. The Bertz CT molecular complexity index is 468. The average Bonchev–Trinajstić information content (AvgIpc) is 2.46. The number of halogens is 2. The standard InChI is InChI=1S/C16H23Br2NO2/c1-11-4-3-5-12(8-11)19-6-7-21-16-10-13(17)15(20-2)9-14(16)18/h9-12,19H,3-8H2,1-2H3. The van der Waals surface area contributed by atoms with E-state index < -0.39 is 0 Å². The van der Waals surface area contributed by atoms with E-state index in [-0.39, 0.29) is 0 Å². The Balaban J connectivity index is 1.77. The van der Waals surface area contributed by atoms with Crippen LogP contribution in [-0.2, 0) is 0 Å². The fourth-order valence-corrected chi connectivity index (χ4v) is 3.74. The van der Waals surface area contributed by atoms with Crippen molar-refractivity contribution in [2.75, 3.05) is 20.3 Å². The van der Waals surface area contributed by atoms with Gasteiger partial charge >= 0.3 is 0 Å². The maximum absolute atomic E-state index is 5.84. The van der Waals surface area contributed by atoms with Crippen molar-refractivity contribution in [1.29, 1.82) is 0 Å². The van der Waals surface area contributed by atoms with Gasteiger partial charge in [0.15, 0.2) is 0 Å². The Morgan fingerprint density at radius 2 is 1.90 bits per heavy atom. The number of hydrogen-bond donors (Lipinski definition) is 1. The SMILES string of the molecule is COc1cc(Br)c(OCCNC2CCCC(C)C2)cc1Br. The minimum Gasteiger partial charge on any atom is -0.496 e. The summed E-state index contributed by atoms with van der Waals surface area (Å²) >= 11 is 6.99. The molecule has 0 amide bonds. The number of rotatable bonds is 6. The zero-order valence-electron chi connectivity index (χ0n) is 12.6. The average molecular weight is 421 g/mol. The van der Waals surface area contributed by atoms with Crippen molar-refractivity contribution in [3.05, 3.63) is 21.1 Å². The van der Waals surface area contributed by atoms with Gasteiger partial charge in [-0.05, 0) is 62.8 Å². The van der Waals surface area contributed by atoms with Gasteiger partial charge in [-0.15, -0.1) is 0 Å². The summed E-state index contributed by atoms with van der Waals surface area (Å²) in [6.07, 6.45) is 5.30. The molecule has 1 N–H and O–H groups in total. The predicted molar refractivity (Wildman–Crippen MR) is 93.3 cm³/mol. The monoisotopic (exact) mass is 419 g/mol. The van der Waals surface area contributed by atoms with E-state index in [0.29, 0.717) is 12.6 Å². The Labute approximate surface area is 144 Å². The Morgan fingerprint density at radius 1 is 1.19 bits per heavy atom. The molecule has 0 bridgehead atoms. The summed E-state index contributed by atoms with van der Waals surface area (Å²) in [5.74, 6) is 2.48. The minimum atomic E-state index is 0.656. The zero-order valence-corrected chi connectivity index (χ0v) is 15.8. The largest absolute Gasteiger partial charge is 0.496 e. The molecule has 3 nitrogen and oxygen atoms in total. The molecule has 1 fully saturated rings. The molecule has 0 heterocycles. The summed E-state index contributed by atoms with van der Waals surface area (Å²) in [7, 11) is 1.65. The highest BCUT2D eigenvalue weighted by Crippen LogP contribution is 2.35. The fraction of sp³-hybridized carbons (Fsp3) is 0.625. The van der Waals surface area contributed by atoms with Crippen LogP contribution in [0.5, 0.6) is 11.5 Å². The molecule has 0 spiro atoms. The van der Waals surface area contributed by atoms with Gasteiger partial charge in [-0.25, -0.2) is 0 Å². The first-order valence-corrected chi connectivity index (χ1v) is 9.08. The molecule has 5 heteroatoms. The van der Waals surface area contributed by atoms with Crippen LogP contribution < -0.4 is 14.8 Å². The number of methoxy groups -OCH3 is 1. The van der Waals surface area contributed by atoms with Gasteiger partial charge in [-0.2, -0.15) is 0 Å². The lowest BCUT2D eigenvalue weighted by molar-refractivity contribution is 0.265. The van der Waals surface area contributed by atoms with E-state index in [4.69, 9.17) is 9.47 Å². The molecule has 1 saturated carbocycles. The maximum atomic E-state index is 5.84. The molecular formula is C16H23Br2NO2. The van der Waals surface area contributed by atoms with Gasteiger partial charge in [-0.3, -0.25) is 0 Å². The van der Waals surface area contributed by atoms with Crippen LogP contribution in [0.1, 0.15) is 32.6 Å². The highest BCUT2D eigenvalue weighted by Gasteiger charge is 2.17. The molecule has 2 rings (SSSR count). The van der Waals surface area contributed by atoms with Crippen LogP contribution in [0, 0.1) is 5.92 Å². The van der Waals surface area contributed by atoms with Crippen molar-refractivity contribution in [1.82, 2.24) is 5.32 Å². The lowest BCUT2D eigenvalue weighted by atomic mass is 9.87. The van der Waals surface area contributed by atoms with Crippen molar-refractivity contribution < 1.29 is 9.47 Å². The quantitative estimate of drug-likeness (QED) is 0.672. The highest BCUT2D eigenvalue weighted by molar-refractivity contribution is 9.11. The number of nitrogens with one attached hydrogen (secondary N) is 1. The normalized spacial score (nSPS) is 22.1. The summed E-state index contributed by atoms with van der Waals surface area (Å²) in [5.41, 5.74) is 0. The molecule has 1 aliphatic rings. The highest BCUT2D eigenvalue weighted by atomic mass is 79.9. The van der Waals surface area contributed by atoms with Crippen LogP contribution >= 0.6 is 31.9 Å². The maximum Gasteiger partial charge on any atom is 0.134 e. The topological polar surface area (TPSA) is 30.5 Å². The van der Waals surface area contributed by atoms with Crippen LogP contribution in [0.4, 0.5) is 0 Å². The van der Waals surface area contributed by atoms with Gasteiger partial charge in [0.05, 0.1) is 16.1 Å². The second-order valence-corrected chi connectivity index (χ2v) is 7.40.